The van der Waals surface area contributed by atoms with Gasteiger partial charge in [-0.05, 0) is 109 Å². The maximum Gasteiger partial charge on any atom is 0.407 e. The number of thiazole rings is 2. The van der Waals surface area contributed by atoms with E-state index in [-0.39, 0.29) is 71.2 Å². The summed E-state index contributed by atoms with van der Waals surface area (Å²) in [7, 11) is -5.03. The lowest BCUT2D eigenvalue weighted by atomic mass is 9.86. The number of hydrogen-bond acceptors (Lipinski definition) is 17. The van der Waals surface area contributed by atoms with Gasteiger partial charge in [-0.15, -0.1) is 22.7 Å². The van der Waals surface area contributed by atoms with Crippen molar-refractivity contribution in [2.45, 2.75) is 171 Å². The minimum atomic E-state index is -3.80. The van der Waals surface area contributed by atoms with Gasteiger partial charge in [0.2, 0.25) is 31.9 Å². The molecule has 82 heavy (non-hydrogen) atoms. The van der Waals surface area contributed by atoms with Gasteiger partial charge in [-0.1, -0.05) is 45.6 Å². The van der Waals surface area contributed by atoms with Gasteiger partial charge in [0.05, 0.1) is 41.8 Å². The Labute approximate surface area is 492 Å². The van der Waals surface area contributed by atoms with Crippen molar-refractivity contribution < 1.29 is 40.6 Å². The number of anilines is 4. The van der Waals surface area contributed by atoms with Crippen LogP contribution in [0.4, 0.5) is 32.9 Å². The summed E-state index contributed by atoms with van der Waals surface area (Å²) in [5.74, 6) is 1.80. The first kappa shape index (κ1) is 63.8. The fraction of sp³-hybridized carbons (Fsp3) is 0.536. The molecule has 448 valence electrons. The van der Waals surface area contributed by atoms with Crippen molar-refractivity contribution in [2.24, 2.45) is 0 Å². The van der Waals surface area contributed by atoms with Crippen LogP contribution in [-0.4, -0.2) is 125 Å². The Kier molecular flexibility index (Phi) is 22.3. The minimum absolute atomic E-state index is 0.0839. The van der Waals surface area contributed by atoms with E-state index in [0.29, 0.717) is 47.7 Å². The lowest BCUT2D eigenvalue weighted by Crippen LogP contribution is -2.38. The number of rotatable bonds is 23. The highest BCUT2D eigenvalue weighted by Crippen LogP contribution is 2.42. The molecule has 8 rings (SSSR count). The molecule has 2 saturated carbocycles. The van der Waals surface area contributed by atoms with Gasteiger partial charge in [-0.25, -0.2) is 55.8 Å². The number of alkyl carbamates (subject to hydrolysis) is 2. The average molecular weight is 1220 g/mol. The summed E-state index contributed by atoms with van der Waals surface area (Å²) in [6.07, 6.45) is 16.4. The lowest BCUT2D eigenvalue weighted by molar-refractivity contribution is 0.0882. The molecule has 6 aromatic rings. The summed E-state index contributed by atoms with van der Waals surface area (Å²) in [6, 6.07) is 12.1. The van der Waals surface area contributed by atoms with Crippen molar-refractivity contribution in [1.29, 1.82) is 0 Å². The molecule has 0 aliphatic heterocycles. The topological polar surface area (TPSA) is 257 Å². The first-order valence-corrected chi connectivity index (χ1v) is 36.4. The molecular formula is C56H82N12O9S4Si. The van der Waals surface area contributed by atoms with E-state index < -0.39 is 28.1 Å². The second-order valence-electron chi connectivity index (χ2n) is 22.4. The molecule has 0 atom stereocenters. The fourth-order valence-electron chi connectivity index (χ4n) is 9.75. The van der Waals surface area contributed by atoms with Crippen LogP contribution in [0.3, 0.4) is 0 Å². The summed E-state index contributed by atoms with van der Waals surface area (Å²) >= 11 is 3.06. The molecule has 21 nitrogen and oxygen atoms in total. The third-order valence-electron chi connectivity index (χ3n) is 14.0. The number of amides is 2. The molecule has 0 spiro atoms. The number of ether oxygens (including phenoxy) is 3. The Balaban J connectivity index is 0.000000240. The third-order valence-corrected chi connectivity index (χ3v) is 21.3. The lowest BCUT2D eigenvalue weighted by Gasteiger charge is -2.28. The number of aromatic amines is 1. The number of sulfonamides is 2. The Morgan fingerprint density at radius 1 is 0.695 bits per heavy atom. The second kappa shape index (κ2) is 28.7. The van der Waals surface area contributed by atoms with E-state index in [1.807, 2.05) is 81.7 Å². The Morgan fingerprint density at radius 3 is 1.60 bits per heavy atom. The van der Waals surface area contributed by atoms with Crippen LogP contribution in [0.1, 0.15) is 115 Å². The third kappa shape index (κ3) is 17.4. The van der Waals surface area contributed by atoms with Crippen LogP contribution in [0.15, 0.2) is 83.4 Å². The normalized spacial score (nSPS) is 17.7. The van der Waals surface area contributed by atoms with E-state index in [9.17, 15) is 26.4 Å². The molecule has 2 aromatic carbocycles. The highest BCUT2D eigenvalue weighted by atomic mass is 32.2. The zero-order valence-electron chi connectivity index (χ0n) is 49.0. The van der Waals surface area contributed by atoms with Crippen molar-refractivity contribution in [1.82, 2.24) is 49.6 Å². The summed E-state index contributed by atoms with van der Waals surface area (Å²) in [5, 5.41) is 7.89. The van der Waals surface area contributed by atoms with E-state index in [0.717, 1.165) is 77.2 Å². The van der Waals surface area contributed by atoms with Crippen molar-refractivity contribution in [3.63, 3.8) is 0 Å². The van der Waals surface area contributed by atoms with E-state index in [2.05, 4.69) is 59.7 Å². The van der Waals surface area contributed by atoms with Gasteiger partial charge in [0.25, 0.3) is 0 Å². The first-order chi connectivity index (χ1) is 38.9. The number of H-pyrrole nitrogens is 1. The second-order valence-corrected chi connectivity index (χ2v) is 33.6. The van der Waals surface area contributed by atoms with Gasteiger partial charge in [0.1, 0.15) is 6.73 Å². The number of carbonyl (C=O) groups excluding carboxylic acids is 2. The maximum atomic E-state index is 13.5. The average Bonchev–Trinajstić information content (AvgIpc) is 3.84. The molecule has 0 bridgehead atoms. The van der Waals surface area contributed by atoms with Crippen LogP contribution in [0.25, 0.3) is 20.9 Å². The highest BCUT2D eigenvalue weighted by Gasteiger charge is 2.30. The van der Waals surface area contributed by atoms with Crippen molar-refractivity contribution in [3.05, 3.63) is 83.6 Å². The van der Waals surface area contributed by atoms with E-state index in [1.165, 1.54) is 22.7 Å². The van der Waals surface area contributed by atoms with Gasteiger partial charge >= 0.3 is 12.2 Å². The van der Waals surface area contributed by atoms with Crippen LogP contribution in [0.2, 0.25) is 25.7 Å². The number of benzene rings is 2. The van der Waals surface area contributed by atoms with Crippen LogP contribution >= 0.6 is 22.7 Å². The molecule has 5 N–H and O–H groups in total. The minimum Gasteiger partial charge on any atom is -0.447 e. The van der Waals surface area contributed by atoms with Gasteiger partial charge in [-0.2, -0.15) is 0 Å². The van der Waals surface area contributed by atoms with Crippen molar-refractivity contribution in [3.8, 4) is 20.9 Å². The largest absolute Gasteiger partial charge is 0.447 e. The number of nitrogens with zero attached hydrogens (tertiary/aromatic N) is 7. The predicted octanol–water partition coefficient (Wildman–Crippen LogP) is 11.3. The van der Waals surface area contributed by atoms with Crippen LogP contribution in [0.5, 0.6) is 0 Å². The molecule has 0 unspecified atom stereocenters. The molecule has 4 aromatic heterocycles. The molecule has 26 heteroatoms. The summed E-state index contributed by atoms with van der Waals surface area (Å²) < 4.78 is 76.9. The summed E-state index contributed by atoms with van der Waals surface area (Å²) in [4.78, 5) is 50.8. The molecule has 0 radical (unpaired) electrons. The molecule has 0 saturated heterocycles. The Morgan fingerprint density at radius 2 is 1.17 bits per heavy atom. The molecule has 4 heterocycles. The van der Waals surface area contributed by atoms with Gasteiger partial charge in [0, 0.05) is 125 Å². The summed E-state index contributed by atoms with van der Waals surface area (Å²) in [6.45, 7) is 19.4. The Hall–Kier alpha value is -5.74. The van der Waals surface area contributed by atoms with E-state index >= 15 is 0 Å². The zero-order valence-corrected chi connectivity index (χ0v) is 53.3. The number of carbonyl (C=O) groups is 2. The monoisotopic (exact) mass is 1220 g/mol. The zero-order chi connectivity index (χ0) is 59.4. The Bertz CT molecular complexity index is 3260. The van der Waals surface area contributed by atoms with Crippen LogP contribution in [-0.2, 0) is 41.0 Å². The maximum absolute atomic E-state index is 13.5. The SMILES string of the molecule is CCNS(=O)(=O)c1cc(N(C)c2ncc[nH]2)ccc1-c1cnc(C2CCC(NC(=O)OC(C)C)CC2)s1.CCNS(=O)(=O)c1cc(N(C)c2nccn2COCC[Si](C)(C)C)ccc1-c1cnc(C2CCC(NC(=O)OC(C)C)CC2)s1. The predicted molar refractivity (Wildman–Crippen MR) is 327 cm³/mol. The number of nitrogens with one attached hydrogen (secondary N) is 5. The number of hydrogen-bond donors (Lipinski definition) is 5. The quantitative estimate of drug-likeness (QED) is 0.0295. The molecule has 2 aliphatic carbocycles. The van der Waals surface area contributed by atoms with Gasteiger partial charge < -0.3 is 39.6 Å². The molecule has 2 amide bonds. The fourth-order valence-corrected chi connectivity index (χ4v) is 15.4. The van der Waals surface area contributed by atoms with Crippen molar-refractivity contribution in [2.75, 3.05) is 43.6 Å². The number of aromatic nitrogens is 6. The van der Waals surface area contributed by atoms with Gasteiger partial charge in [0.15, 0.2) is 0 Å². The summed E-state index contributed by atoms with van der Waals surface area (Å²) in [5.41, 5.74) is 2.62. The van der Waals surface area contributed by atoms with Gasteiger partial charge in [-0.3, -0.25) is 4.57 Å². The van der Waals surface area contributed by atoms with Crippen LogP contribution < -0.4 is 29.9 Å². The number of imidazole rings is 2. The van der Waals surface area contributed by atoms with E-state index in [4.69, 9.17) is 19.2 Å². The van der Waals surface area contributed by atoms with E-state index in [1.54, 1.807) is 61.9 Å². The highest BCUT2D eigenvalue weighted by molar-refractivity contribution is 7.90. The standard InChI is InChI=1S/C31H48N6O5S2Si.C25H34N6O4S2/c1-8-34-44(39,40)28-19-25(36(4)30-32-15-16-37(30)21-41-17-18-45(5,6)7)13-14-26(28)27-20-33-29(43-27)23-9-11-24(12-10-23)35-31(38)42-22(2)3;1-5-29-37(33,34)22-14-19(31(4)24-26-12-13-27-24)10-11-20(22)21-15-28-23(36-21)17-6-8-18(9-7-17)30-25(32)35-16(2)3/h13-16,19-20,22-24,34H,8-12,17-18,21H2,1-7H3,(H,35,38);10-18,29H,5-9H2,1-4H3,(H,26,27)(H,30,32). The molecule has 2 fully saturated rings. The van der Waals surface area contributed by atoms with Crippen LogP contribution in [0, 0.1) is 0 Å². The molecule has 2 aliphatic rings. The van der Waals surface area contributed by atoms with Crippen molar-refractivity contribution >= 4 is 86.3 Å². The first-order valence-electron chi connectivity index (χ1n) is 28.1. The smallest absolute Gasteiger partial charge is 0.407 e. The molecular weight excluding hydrogens is 1140 g/mol.